The summed E-state index contributed by atoms with van der Waals surface area (Å²) < 4.78 is 1.90. The number of carbonyl (C=O) groups excluding carboxylic acids is 1. The predicted octanol–water partition coefficient (Wildman–Crippen LogP) is 1.96. The Morgan fingerprint density at radius 2 is 2.35 bits per heavy atom. The molecule has 1 aliphatic heterocycles. The Labute approximate surface area is 103 Å². The predicted molar refractivity (Wildman–Crippen MR) is 67.1 cm³/mol. The molecule has 1 aromatic rings. The van der Waals surface area contributed by atoms with E-state index in [4.69, 9.17) is 0 Å². The van der Waals surface area contributed by atoms with Crippen LogP contribution in [0.2, 0.25) is 0 Å². The van der Waals surface area contributed by atoms with Crippen LogP contribution in [0.4, 0.5) is 0 Å². The lowest BCUT2D eigenvalue weighted by Crippen LogP contribution is -2.38. The molecule has 1 atom stereocenters. The van der Waals surface area contributed by atoms with E-state index < -0.39 is 0 Å². The van der Waals surface area contributed by atoms with E-state index in [0.717, 1.165) is 6.54 Å². The number of rotatable bonds is 4. The molecule has 4 nitrogen and oxygen atoms in total. The molecule has 17 heavy (non-hydrogen) atoms. The zero-order valence-corrected chi connectivity index (χ0v) is 10.9. The smallest absolute Gasteiger partial charge is 0.162 e. The highest BCUT2D eigenvalue weighted by molar-refractivity contribution is 5.93. The molecule has 0 amide bonds. The van der Waals surface area contributed by atoms with E-state index in [1.165, 1.54) is 19.4 Å². The minimum Gasteiger partial charge on any atom is -0.296 e. The number of likely N-dealkylation sites (tertiary alicyclic amines) is 1. The number of carbonyl (C=O) groups is 1. The lowest BCUT2D eigenvalue weighted by Gasteiger charge is -2.28. The molecule has 4 heteroatoms. The summed E-state index contributed by atoms with van der Waals surface area (Å²) in [6.45, 7) is 8.14. The van der Waals surface area contributed by atoms with Crippen molar-refractivity contribution < 1.29 is 4.79 Å². The van der Waals surface area contributed by atoms with Crippen LogP contribution in [-0.4, -0.2) is 39.1 Å². The quantitative estimate of drug-likeness (QED) is 0.749. The first kappa shape index (κ1) is 12.3. The first-order chi connectivity index (χ1) is 8.08. The fourth-order valence-corrected chi connectivity index (χ4v) is 2.60. The Bertz CT molecular complexity index is 397. The SMILES string of the molecule is CC(=O)c1cnn(C[C@@H]2CCCN2C(C)C)c1. The van der Waals surface area contributed by atoms with E-state index in [1.807, 2.05) is 10.9 Å². The average molecular weight is 235 g/mol. The minimum absolute atomic E-state index is 0.0865. The molecule has 2 rings (SSSR count). The van der Waals surface area contributed by atoms with Gasteiger partial charge in [0.05, 0.1) is 18.3 Å². The summed E-state index contributed by atoms with van der Waals surface area (Å²) in [5, 5.41) is 4.26. The molecule has 1 aromatic heterocycles. The van der Waals surface area contributed by atoms with Crippen molar-refractivity contribution in [1.82, 2.24) is 14.7 Å². The number of ketones is 1. The van der Waals surface area contributed by atoms with Gasteiger partial charge in [0.2, 0.25) is 0 Å². The highest BCUT2D eigenvalue weighted by atomic mass is 16.1. The number of hydrogen-bond acceptors (Lipinski definition) is 3. The Morgan fingerprint density at radius 1 is 1.59 bits per heavy atom. The summed E-state index contributed by atoms with van der Waals surface area (Å²) in [6, 6.07) is 1.15. The van der Waals surface area contributed by atoms with Crippen LogP contribution in [0.15, 0.2) is 12.4 Å². The normalized spacial score (nSPS) is 21.3. The van der Waals surface area contributed by atoms with Gasteiger partial charge in [-0.3, -0.25) is 14.4 Å². The second kappa shape index (κ2) is 5.00. The van der Waals surface area contributed by atoms with Gasteiger partial charge in [0.25, 0.3) is 0 Å². The molecule has 0 radical (unpaired) electrons. The molecule has 0 aromatic carbocycles. The van der Waals surface area contributed by atoms with Gasteiger partial charge in [0.15, 0.2) is 5.78 Å². The maximum atomic E-state index is 11.2. The molecule has 94 valence electrons. The van der Waals surface area contributed by atoms with Crippen LogP contribution in [0.25, 0.3) is 0 Å². The summed E-state index contributed by atoms with van der Waals surface area (Å²) in [5.74, 6) is 0.0865. The molecule has 0 saturated carbocycles. The lowest BCUT2D eigenvalue weighted by atomic mass is 10.2. The average Bonchev–Trinajstić information content (AvgIpc) is 2.86. The molecule has 0 aliphatic carbocycles. The summed E-state index contributed by atoms with van der Waals surface area (Å²) in [5.41, 5.74) is 0.707. The molecular weight excluding hydrogens is 214 g/mol. The van der Waals surface area contributed by atoms with Crippen LogP contribution >= 0.6 is 0 Å². The third-order valence-electron chi connectivity index (χ3n) is 3.52. The number of hydrogen-bond donors (Lipinski definition) is 0. The Hall–Kier alpha value is -1.16. The molecule has 0 bridgehead atoms. The fourth-order valence-electron chi connectivity index (χ4n) is 2.60. The first-order valence-corrected chi connectivity index (χ1v) is 6.37. The Kier molecular flexibility index (Phi) is 3.62. The lowest BCUT2D eigenvalue weighted by molar-refractivity contribution is 0.101. The summed E-state index contributed by atoms with van der Waals surface area (Å²) in [4.78, 5) is 13.7. The van der Waals surface area contributed by atoms with E-state index in [1.54, 1.807) is 13.1 Å². The molecular formula is C13H21N3O. The van der Waals surface area contributed by atoms with Crippen LogP contribution < -0.4 is 0 Å². The van der Waals surface area contributed by atoms with Gasteiger partial charge in [-0.05, 0) is 40.2 Å². The van der Waals surface area contributed by atoms with Crippen molar-refractivity contribution >= 4 is 5.78 Å². The molecule has 1 aliphatic rings. The number of nitrogens with zero attached hydrogens (tertiary/aromatic N) is 3. The molecule has 0 unspecified atom stereocenters. The fraction of sp³-hybridized carbons (Fsp3) is 0.692. The van der Waals surface area contributed by atoms with Gasteiger partial charge in [-0.1, -0.05) is 0 Å². The van der Waals surface area contributed by atoms with Gasteiger partial charge in [-0.2, -0.15) is 5.10 Å². The summed E-state index contributed by atoms with van der Waals surface area (Å²) >= 11 is 0. The summed E-state index contributed by atoms with van der Waals surface area (Å²) in [7, 11) is 0. The maximum absolute atomic E-state index is 11.2. The third-order valence-corrected chi connectivity index (χ3v) is 3.52. The highest BCUT2D eigenvalue weighted by Crippen LogP contribution is 2.21. The van der Waals surface area contributed by atoms with Crippen LogP contribution in [0.5, 0.6) is 0 Å². The molecule has 0 N–H and O–H groups in total. The van der Waals surface area contributed by atoms with Crippen molar-refractivity contribution in [3.05, 3.63) is 18.0 Å². The third kappa shape index (κ3) is 2.75. The van der Waals surface area contributed by atoms with Crippen molar-refractivity contribution in [3.8, 4) is 0 Å². The van der Waals surface area contributed by atoms with E-state index in [-0.39, 0.29) is 5.78 Å². The standard InChI is InChI=1S/C13H21N3O/c1-10(2)16-6-4-5-13(16)9-15-8-12(7-14-15)11(3)17/h7-8,10,13H,4-6,9H2,1-3H3/t13-/m0/s1. The van der Waals surface area contributed by atoms with E-state index in [0.29, 0.717) is 17.6 Å². The zero-order chi connectivity index (χ0) is 12.4. The van der Waals surface area contributed by atoms with Gasteiger partial charge in [-0.15, -0.1) is 0 Å². The summed E-state index contributed by atoms with van der Waals surface area (Å²) in [6.07, 6.45) is 6.02. The van der Waals surface area contributed by atoms with Gasteiger partial charge in [0.1, 0.15) is 0 Å². The van der Waals surface area contributed by atoms with Crippen molar-refractivity contribution in [2.45, 2.75) is 52.2 Å². The zero-order valence-electron chi connectivity index (χ0n) is 10.9. The van der Waals surface area contributed by atoms with E-state index in [9.17, 15) is 4.79 Å². The Morgan fingerprint density at radius 3 is 2.94 bits per heavy atom. The molecule has 1 saturated heterocycles. The molecule has 2 heterocycles. The van der Waals surface area contributed by atoms with Crippen LogP contribution in [-0.2, 0) is 6.54 Å². The van der Waals surface area contributed by atoms with Crippen molar-refractivity contribution in [2.75, 3.05) is 6.54 Å². The second-order valence-electron chi connectivity index (χ2n) is 5.13. The van der Waals surface area contributed by atoms with Crippen LogP contribution in [0, 0.1) is 0 Å². The van der Waals surface area contributed by atoms with Gasteiger partial charge < -0.3 is 0 Å². The number of Topliss-reactive ketones (excluding diaryl/α,β-unsaturated/α-hetero) is 1. The minimum atomic E-state index is 0.0865. The highest BCUT2D eigenvalue weighted by Gasteiger charge is 2.26. The van der Waals surface area contributed by atoms with Crippen molar-refractivity contribution in [2.24, 2.45) is 0 Å². The number of aromatic nitrogens is 2. The van der Waals surface area contributed by atoms with E-state index in [2.05, 4.69) is 23.8 Å². The second-order valence-corrected chi connectivity index (χ2v) is 5.13. The Balaban J connectivity index is 2.02. The van der Waals surface area contributed by atoms with Gasteiger partial charge in [0, 0.05) is 18.3 Å². The van der Waals surface area contributed by atoms with Crippen LogP contribution in [0.3, 0.4) is 0 Å². The topological polar surface area (TPSA) is 38.1 Å². The molecule has 0 spiro atoms. The first-order valence-electron chi connectivity index (χ1n) is 6.37. The van der Waals surface area contributed by atoms with Crippen molar-refractivity contribution in [3.63, 3.8) is 0 Å². The molecule has 1 fully saturated rings. The van der Waals surface area contributed by atoms with Crippen LogP contribution in [0.1, 0.15) is 44.0 Å². The largest absolute Gasteiger partial charge is 0.296 e. The van der Waals surface area contributed by atoms with E-state index >= 15 is 0 Å². The van der Waals surface area contributed by atoms with Gasteiger partial charge >= 0.3 is 0 Å². The maximum Gasteiger partial charge on any atom is 0.162 e. The van der Waals surface area contributed by atoms with Gasteiger partial charge in [-0.25, -0.2) is 0 Å². The van der Waals surface area contributed by atoms with Crippen molar-refractivity contribution in [1.29, 1.82) is 0 Å². The monoisotopic (exact) mass is 235 g/mol.